The van der Waals surface area contributed by atoms with Gasteiger partial charge >= 0.3 is 0 Å². The number of hydrogen-bond donors (Lipinski definition) is 1. The summed E-state index contributed by atoms with van der Waals surface area (Å²) in [6, 6.07) is 2.98. The van der Waals surface area contributed by atoms with Crippen molar-refractivity contribution < 1.29 is 17.9 Å². The second-order valence-electron chi connectivity index (χ2n) is 5.02. The van der Waals surface area contributed by atoms with Crippen molar-refractivity contribution in [1.29, 1.82) is 0 Å². The van der Waals surface area contributed by atoms with Crippen LogP contribution in [-0.2, 0) is 14.8 Å². The Bertz CT molecular complexity index is 623. The first-order valence-electron chi connectivity index (χ1n) is 6.52. The fourth-order valence-corrected chi connectivity index (χ4v) is 4.22. The van der Waals surface area contributed by atoms with E-state index in [4.69, 9.17) is 26.2 Å². The van der Waals surface area contributed by atoms with Crippen molar-refractivity contribution in [1.82, 2.24) is 0 Å². The van der Waals surface area contributed by atoms with E-state index in [0.717, 1.165) is 19.3 Å². The zero-order valence-electron chi connectivity index (χ0n) is 11.5. The molecule has 0 radical (unpaired) electrons. The van der Waals surface area contributed by atoms with Gasteiger partial charge in [-0.2, -0.15) is 0 Å². The Morgan fingerprint density at radius 2 is 2.00 bits per heavy atom. The number of primary sulfonamides is 1. The lowest BCUT2D eigenvalue weighted by atomic mass is 9.95. The maximum absolute atomic E-state index is 11.7. The molecule has 0 saturated heterocycles. The molecule has 1 aromatic carbocycles. The van der Waals surface area contributed by atoms with E-state index in [1.807, 2.05) is 0 Å². The van der Waals surface area contributed by atoms with E-state index >= 15 is 0 Å². The molecule has 0 spiro atoms. The highest BCUT2D eigenvalue weighted by Crippen LogP contribution is 2.37. The van der Waals surface area contributed by atoms with Crippen molar-refractivity contribution in [2.24, 2.45) is 5.14 Å². The Balaban J connectivity index is 2.31. The molecule has 8 heteroatoms. The summed E-state index contributed by atoms with van der Waals surface area (Å²) < 4.78 is 35.1. The molecular formula is C13H17BrClNO4S. The van der Waals surface area contributed by atoms with Crippen molar-refractivity contribution in [2.75, 3.05) is 7.11 Å². The van der Waals surface area contributed by atoms with Crippen LogP contribution in [0.25, 0.3) is 0 Å². The molecule has 118 valence electrons. The van der Waals surface area contributed by atoms with Crippen LogP contribution in [0.3, 0.4) is 0 Å². The summed E-state index contributed by atoms with van der Waals surface area (Å²) in [5.41, 5.74) is 0. The Hall–Kier alpha value is -0.340. The number of nitrogens with two attached hydrogens (primary N) is 1. The van der Waals surface area contributed by atoms with Gasteiger partial charge in [0, 0.05) is 18.0 Å². The number of ether oxygens (including phenoxy) is 2. The van der Waals surface area contributed by atoms with Gasteiger partial charge in [-0.3, -0.25) is 0 Å². The van der Waals surface area contributed by atoms with Gasteiger partial charge in [-0.25, -0.2) is 13.6 Å². The van der Waals surface area contributed by atoms with Crippen molar-refractivity contribution in [3.05, 3.63) is 21.6 Å². The minimum atomic E-state index is -3.92. The van der Waals surface area contributed by atoms with Crippen LogP contribution in [0.2, 0.25) is 5.02 Å². The molecule has 0 aliphatic heterocycles. The Morgan fingerprint density at radius 3 is 2.62 bits per heavy atom. The summed E-state index contributed by atoms with van der Waals surface area (Å²) in [6.07, 6.45) is 3.45. The minimum Gasteiger partial charge on any atom is -0.487 e. The monoisotopic (exact) mass is 397 g/mol. The molecule has 5 nitrogen and oxygen atoms in total. The fourth-order valence-electron chi connectivity index (χ4n) is 2.45. The lowest BCUT2D eigenvalue weighted by molar-refractivity contribution is 0.0201. The molecule has 0 bridgehead atoms. The molecule has 1 aliphatic rings. The molecule has 2 unspecified atom stereocenters. The van der Waals surface area contributed by atoms with Crippen LogP contribution < -0.4 is 9.88 Å². The average molecular weight is 399 g/mol. The Labute approximate surface area is 137 Å². The van der Waals surface area contributed by atoms with E-state index < -0.39 is 10.0 Å². The number of benzene rings is 1. The maximum atomic E-state index is 11.7. The van der Waals surface area contributed by atoms with Gasteiger partial charge in [0.25, 0.3) is 0 Å². The molecule has 21 heavy (non-hydrogen) atoms. The number of methoxy groups -OCH3 is 1. The molecule has 2 atom stereocenters. The molecule has 1 aromatic rings. The molecule has 0 amide bonds. The first kappa shape index (κ1) is 17.0. The summed E-state index contributed by atoms with van der Waals surface area (Å²) in [6.45, 7) is 0. The zero-order chi connectivity index (χ0) is 15.6. The predicted molar refractivity (Wildman–Crippen MR) is 84.2 cm³/mol. The predicted octanol–water partition coefficient (Wildman–Crippen LogP) is 3.09. The topological polar surface area (TPSA) is 78.6 Å². The highest BCUT2D eigenvalue weighted by atomic mass is 79.9. The van der Waals surface area contributed by atoms with Crippen LogP contribution >= 0.6 is 27.5 Å². The third-order valence-corrected chi connectivity index (χ3v) is 5.13. The van der Waals surface area contributed by atoms with E-state index in [2.05, 4.69) is 15.9 Å². The van der Waals surface area contributed by atoms with E-state index in [-0.39, 0.29) is 27.9 Å². The van der Waals surface area contributed by atoms with Gasteiger partial charge in [0.2, 0.25) is 10.0 Å². The summed E-state index contributed by atoms with van der Waals surface area (Å²) >= 11 is 9.33. The normalized spacial score (nSPS) is 23.0. The van der Waals surface area contributed by atoms with Crippen LogP contribution in [0.15, 0.2) is 21.5 Å². The lowest BCUT2D eigenvalue weighted by Gasteiger charge is -2.29. The molecule has 1 aliphatic carbocycles. The minimum absolute atomic E-state index is 0.110. The smallest absolute Gasteiger partial charge is 0.241 e. The fraction of sp³-hybridized carbons (Fsp3) is 0.538. The van der Waals surface area contributed by atoms with Crippen molar-refractivity contribution in [2.45, 2.75) is 42.8 Å². The van der Waals surface area contributed by atoms with E-state index in [0.29, 0.717) is 10.9 Å². The lowest BCUT2D eigenvalue weighted by Crippen LogP contribution is -2.30. The molecular weight excluding hydrogens is 382 g/mol. The molecule has 2 N–H and O–H groups in total. The quantitative estimate of drug-likeness (QED) is 0.845. The number of halogens is 2. The van der Waals surface area contributed by atoms with Crippen LogP contribution in [0.4, 0.5) is 0 Å². The third-order valence-electron chi connectivity index (χ3n) is 3.48. The van der Waals surface area contributed by atoms with Gasteiger partial charge in [0.05, 0.1) is 11.1 Å². The molecule has 0 heterocycles. The Kier molecular flexibility index (Phi) is 5.54. The van der Waals surface area contributed by atoms with Gasteiger partial charge < -0.3 is 9.47 Å². The highest BCUT2D eigenvalue weighted by molar-refractivity contribution is 9.10. The van der Waals surface area contributed by atoms with Crippen molar-refractivity contribution in [3.8, 4) is 5.75 Å². The molecule has 1 fully saturated rings. The second-order valence-corrected chi connectivity index (χ2v) is 7.88. The van der Waals surface area contributed by atoms with Gasteiger partial charge in [0.1, 0.15) is 11.0 Å². The SMILES string of the molecule is COC1CCCC(Oc2c(Cl)cc(Br)cc2S(N)(=O)=O)C1. The van der Waals surface area contributed by atoms with Gasteiger partial charge in [-0.05, 0) is 31.4 Å². The standard InChI is InChI=1S/C13H17BrClNO4S/c1-19-9-3-2-4-10(7-9)20-13-11(15)5-8(14)6-12(13)21(16,17)18/h5-6,9-10H,2-4,7H2,1H3,(H2,16,17,18). The second kappa shape index (κ2) is 6.83. The van der Waals surface area contributed by atoms with Crippen LogP contribution in [-0.4, -0.2) is 27.7 Å². The maximum Gasteiger partial charge on any atom is 0.241 e. The largest absolute Gasteiger partial charge is 0.487 e. The molecule has 1 saturated carbocycles. The van der Waals surface area contributed by atoms with Crippen molar-refractivity contribution in [3.63, 3.8) is 0 Å². The molecule has 2 rings (SSSR count). The molecule has 0 aromatic heterocycles. The third kappa shape index (κ3) is 4.32. The average Bonchev–Trinajstić information content (AvgIpc) is 2.40. The van der Waals surface area contributed by atoms with Crippen molar-refractivity contribution >= 4 is 37.6 Å². The number of rotatable bonds is 4. The van der Waals surface area contributed by atoms with Crippen LogP contribution in [0.1, 0.15) is 25.7 Å². The van der Waals surface area contributed by atoms with E-state index in [1.54, 1.807) is 13.2 Å². The first-order chi connectivity index (χ1) is 9.81. The van der Waals surface area contributed by atoms with Crippen LogP contribution in [0, 0.1) is 0 Å². The first-order valence-corrected chi connectivity index (χ1v) is 9.24. The zero-order valence-corrected chi connectivity index (χ0v) is 14.7. The van der Waals surface area contributed by atoms with E-state index in [9.17, 15) is 8.42 Å². The van der Waals surface area contributed by atoms with Gasteiger partial charge in [0.15, 0.2) is 5.75 Å². The van der Waals surface area contributed by atoms with Gasteiger partial charge in [-0.1, -0.05) is 27.5 Å². The summed E-state index contributed by atoms with van der Waals surface area (Å²) in [7, 11) is -2.26. The number of hydrogen-bond acceptors (Lipinski definition) is 4. The van der Waals surface area contributed by atoms with E-state index in [1.165, 1.54) is 6.07 Å². The Morgan fingerprint density at radius 1 is 1.33 bits per heavy atom. The summed E-state index contributed by atoms with van der Waals surface area (Å²) in [4.78, 5) is -0.110. The number of sulfonamides is 1. The van der Waals surface area contributed by atoms with Gasteiger partial charge in [-0.15, -0.1) is 0 Å². The highest BCUT2D eigenvalue weighted by Gasteiger charge is 2.27. The van der Waals surface area contributed by atoms with Crippen LogP contribution in [0.5, 0.6) is 5.75 Å². The summed E-state index contributed by atoms with van der Waals surface area (Å²) in [5, 5.41) is 5.46. The summed E-state index contributed by atoms with van der Waals surface area (Å²) in [5.74, 6) is 0.115.